The summed E-state index contributed by atoms with van der Waals surface area (Å²) in [5, 5.41) is 0.959. The van der Waals surface area contributed by atoms with Crippen LogP contribution in [0, 0.1) is 11.6 Å². The SMILES string of the molecule is Fc1cc2c(cc1F)=NC(c1cccnc1Cl)OC=2. The maximum atomic E-state index is 13.2. The summed E-state index contributed by atoms with van der Waals surface area (Å²) in [5.41, 5.74) is 0.566. The molecule has 1 aliphatic rings. The van der Waals surface area contributed by atoms with Crippen LogP contribution in [0.3, 0.4) is 0 Å². The van der Waals surface area contributed by atoms with Crippen LogP contribution in [0.15, 0.2) is 35.5 Å². The van der Waals surface area contributed by atoms with Gasteiger partial charge in [-0.15, -0.1) is 0 Å². The zero-order valence-corrected chi connectivity index (χ0v) is 10.2. The summed E-state index contributed by atoms with van der Waals surface area (Å²) in [6.45, 7) is 0. The monoisotopic (exact) mass is 280 g/mol. The zero-order valence-electron chi connectivity index (χ0n) is 9.48. The van der Waals surface area contributed by atoms with E-state index < -0.39 is 17.9 Å². The molecule has 0 spiro atoms. The number of benzene rings is 1. The number of hydrogen-bond acceptors (Lipinski definition) is 3. The smallest absolute Gasteiger partial charge is 0.218 e. The minimum absolute atomic E-state index is 0.260. The molecule has 3 rings (SSSR count). The van der Waals surface area contributed by atoms with Crippen molar-refractivity contribution in [1.82, 2.24) is 4.98 Å². The lowest BCUT2D eigenvalue weighted by molar-refractivity contribution is 0.181. The number of halogens is 3. The van der Waals surface area contributed by atoms with E-state index in [2.05, 4.69) is 9.98 Å². The molecule has 0 fully saturated rings. The molecule has 0 amide bonds. The third-order valence-electron chi connectivity index (χ3n) is 2.70. The van der Waals surface area contributed by atoms with Crippen molar-refractivity contribution in [3.63, 3.8) is 0 Å². The zero-order chi connectivity index (χ0) is 13.4. The van der Waals surface area contributed by atoms with Crippen LogP contribution in [0.4, 0.5) is 8.78 Å². The Balaban J connectivity index is 2.13. The lowest BCUT2D eigenvalue weighted by atomic mass is 10.2. The van der Waals surface area contributed by atoms with Crippen molar-refractivity contribution in [1.29, 1.82) is 0 Å². The number of hydrogen-bond donors (Lipinski definition) is 0. The first-order valence-corrected chi connectivity index (χ1v) is 5.82. The van der Waals surface area contributed by atoms with Gasteiger partial charge in [0.25, 0.3) is 0 Å². The number of nitrogens with zero attached hydrogens (tertiary/aromatic N) is 2. The Morgan fingerprint density at radius 2 is 2.00 bits per heavy atom. The van der Waals surface area contributed by atoms with E-state index in [-0.39, 0.29) is 5.15 Å². The van der Waals surface area contributed by atoms with Gasteiger partial charge in [0.05, 0.1) is 17.2 Å². The summed E-state index contributed by atoms with van der Waals surface area (Å²) in [6, 6.07) is 5.47. The van der Waals surface area contributed by atoms with Gasteiger partial charge in [0.15, 0.2) is 11.6 Å². The predicted octanol–water partition coefficient (Wildman–Crippen LogP) is 2.10. The van der Waals surface area contributed by atoms with Crippen molar-refractivity contribution < 1.29 is 13.5 Å². The predicted molar refractivity (Wildman–Crippen MR) is 64.7 cm³/mol. The van der Waals surface area contributed by atoms with Gasteiger partial charge in [-0.05, 0) is 18.2 Å². The topological polar surface area (TPSA) is 34.5 Å². The highest BCUT2D eigenvalue weighted by molar-refractivity contribution is 6.30. The van der Waals surface area contributed by atoms with Gasteiger partial charge in [0, 0.05) is 17.5 Å². The van der Waals surface area contributed by atoms with Gasteiger partial charge in [-0.25, -0.2) is 18.8 Å². The Bertz CT molecular complexity index is 764. The normalized spacial score (nSPS) is 16.9. The van der Waals surface area contributed by atoms with Crippen LogP contribution in [0.25, 0.3) is 6.26 Å². The quantitative estimate of drug-likeness (QED) is 0.750. The molecule has 1 aromatic carbocycles. The van der Waals surface area contributed by atoms with Gasteiger partial charge in [-0.3, -0.25) is 0 Å². The van der Waals surface area contributed by atoms with E-state index in [1.54, 1.807) is 18.3 Å². The molecule has 0 bridgehead atoms. The van der Waals surface area contributed by atoms with Crippen LogP contribution in [0.1, 0.15) is 11.8 Å². The fraction of sp³-hybridized carbons (Fsp3) is 0.0769. The van der Waals surface area contributed by atoms with Gasteiger partial charge in [0.1, 0.15) is 5.15 Å². The van der Waals surface area contributed by atoms with Gasteiger partial charge < -0.3 is 4.74 Å². The molecule has 6 heteroatoms. The van der Waals surface area contributed by atoms with Crippen LogP contribution < -0.4 is 10.6 Å². The second-order valence-electron chi connectivity index (χ2n) is 3.94. The molecule has 1 aromatic heterocycles. The summed E-state index contributed by atoms with van der Waals surface area (Å²) >= 11 is 5.94. The Labute approximate surface area is 111 Å². The summed E-state index contributed by atoms with van der Waals surface area (Å²) in [7, 11) is 0. The van der Waals surface area contributed by atoms with Gasteiger partial charge in [-0.1, -0.05) is 11.6 Å². The number of rotatable bonds is 1. The van der Waals surface area contributed by atoms with Gasteiger partial charge in [-0.2, -0.15) is 0 Å². The summed E-state index contributed by atoms with van der Waals surface area (Å²) < 4.78 is 31.6. The number of fused-ring (bicyclic) bond motifs is 1. The number of ether oxygens (including phenoxy) is 1. The molecule has 96 valence electrons. The van der Waals surface area contributed by atoms with Crippen molar-refractivity contribution in [2.24, 2.45) is 4.99 Å². The maximum absolute atomic E-state index is 13.2. The molecule has 19 heavy (non-hydrogen) atoms. The van der Waals surface area contributed by atoms with Crippen molar-refractivity contribution in [2.45, 2.75) is 6.23 Å². The highest BCUT2D eigenvalue weighted by Crippen LogP contribution is 2.25. The van der Waals surface area contributed by atoms with E-state index >= 15 is 0 Å². The lowest BCUT2D eigenvalue weighted by Gasteiger charge is -2.16. The molecule has 2 aromatic rings. The maximum Gasteiger partial charge on any atom is 0.218 e. The van der Waals surface area contributed by atoms with Crippen LogP contribution >= 0.6 is 11.6 Å². The molecule has 0 N–H and O–H groups in total. The Hall–Kier alpha value is -2.01. The molecule has 3 nitrogen and oxygen atoms in total. The van der Waals surface area contributed by atoms with E-state index in [1.807, 2.05) is 0 Å². The van der Waals surface area contributed by atoms with Crippen molar-refractivity contribution >= 4 is 17.9 Å². The molecule has 2 heterocycles. The number of aromatic nitrogens is 1. The number of pyridine rings is 1. The van der Waals surface area contributed by atoms with E-state index in [1.165, 1.54) is 6.26 Å². The second-order valence-corrected chi connectivity index (χ2v) is 4.30. The van der Waals surface area contributed by atoms with E-state index in [9.17, 15) is 8.78 Å². The average Bonchev–Trinajstić information content (AvgIpc) is 2.40. The second kappa shape index (κ2) is 4.59. The fourth-order valence-corrected chi connectivity index (χ4v) is 1.99. The van der Waals surface area contributed by atoms with Crippen LogP contribution in [0.5, 0.6) is 0 Å². The summed E-state index contributed by atoms with van der Waals surface area (Å²) in [6.07, 6.45) is 2.17. The molecule has 0 radical (unpaired) electrons. The van der Waals surface area contributed by atoms with Gasteiger partial charge >= 0.3 is 0 Å². The van der Waals surface area contributed by atoms with Crippen LogP contribution in [0.2, 0.25) is 5.15 Å². The summed E-state index contributed by atoms with van der Waals surface area (Å²) in [4.78, 5) is 8.11. The van der Waals surface area contributed by atoms with E-state index in [0.29, 0.717) is 16.1 Å². The lowest BCUT2D eigenvalue weighted by Crippen LogP contribution is -2.31. The van der Waals surface area contributed by atoms with Gasteiger partial charge in [0.2, 0.25) is 6.23 Å². The van der Waals surface area contributed by atoms with Crippen LogP contribution in [-0.4, -0.2) is 4.98 Å². The first-order valence-electron chi connectivity index (χ1n) is 5.44. The first kappa shape index (κ1) is 12.0. The van der Waals surface area contributed by atoms with E-state index in [0.717, 1.165) is 12.1 Å². The Kier molecular flexibility index (Phi) is 2.91. The highest BCUT2D eigenvalue weighted by atomic mass is 35.5. The largest absolute Gasteiger partial charge is 0.471 e. The fourth-order valence-electron chi connectivity index (χ4n) is 1.78. The Morgan fingerprint density at radius 3 is 2.79 bits per heavy atom. The average molecular weight is 281 g/mol. The van der Waals surface area contributed by atoms with E-state index in [4.69, 9.17) is 16.3 Å². The van der Waals surface area contributed by atoms with Crippen molar-refractivity contribution in [3.05, 3.63) is 63.4 Å². The highest BCUT2D eigenvalue weighted by Gasteiger charge is 2.17. The molecule has 0 aliphatic carbocycles. The minimum atomic E-state index is -0.950. The third kappa shape index (κ3) is 2.17. The molecular formula is C13H7ClF2N2O. The Morgan fingerprint density at radius 1 is 1.21 bits per heavy atom. The minimum Gasteiger partial charge on any atom is -0.471 e. The molecule has 1 unspecified atom stereocenters. The molecule has 1 atom stereocenters. The molecule has 1 aliphatic heterocycles. The van der Waals surface area contributed by atoms with Crippen LogP contribution in [-0.2, 0) is 4.74 Å². The molecule has 0 saturated carbocycles. The molecular weight excluding hydrogens is 274 g/mol. The standard InChI is InChI=1S/C13H7ClF2N2O/c14-12-8(2-1-3-17-12)13-18-11-5-10(16)9(15)4-7(11)6-19-13/h1-6,13H. The third-order valence-corrected chi connectivity index (χ3v) is 3.02. The summed E-state index contributed by atoms with van der Waals surface area (Å²) in [5.74, 6) is -1.89. The van der Waals surface area contributed by atoms with Crippen molar-refractivity contribution in [2.75, 3.05) is 0 Å². The molecule has 0 saturated heterocycles. The van der Waals surface area contributed by atoms with Crippen molar-refractivity contribution in [3.8, 4) is 0 Å². The first-order chi connectivity index (χ1) is 9.15.